The molecule has 0 bridgehead atoms. The van der Waals surface area contributed by atoms with Crippen LogP contribution in [-0.2, 0) is 4.79 Å². The SMILES string of the molecule is CC(C)SC[C@@]12CCC[C@H]1[C@@H]1CCC3=CC(=O)C=C[C@]3(C)[C@H]1CC2. The third kappa shape index (κ3) is 2.55. The lowest BCUT2D eigenvalue weighted by atomic mass is 9.48. The second kappa shape index (κ2) is 6.04. The molecule has 3 saturated carbocycles. The predicted octanol–water partition coefficient (Wildman–Crippen LogP) is 5.81. The second-order valence-electron chi connectivity index (χ2n) is 9.26. The van der Waals surface area contributed by atoms with Gasteiger partial charge in [0.1, 0.15) is 0 Å². The molecule has 4 aliphatic rings. The number of carbonyl (C=O) groups excluding carboxylic acids is 1. The quantitative estimate of drug-likeness (QED) is 0.643. The van der Waals surface area contributed by atoms with Crippen LogP contribution in [-0.4, -0.2) is 16.8 Å². The lowest BCUT2D eigenvalue weighted by Crippen LogP contribution is -2.49. The van der Waals surface area contributed by atoms with Crippen LogP contribution in [0.2, 0.25) is 0 Å². The molecule has 0 unspecified atom stereocenters. The lowest BCUT2D eigenvalue weighted by molar-refractivity contribution is -0.111. The zero-order valence-electron chi connectivity index (χ0n) is 15.5. The number of rotatable bonds is 3. The van der Waals surface area contributed by atoms with Gasteiger partial charge in [0, 0.05) is 5.41 Å². The van der Waals surface area contributed by atoms with E-state index in [1.54, 1.807) is 0 Å². The summed E-state index contributed by atoms with van der Waals surface area (Å²) in [6, 6.07) is 0. The van der Waals surface area contributed by atoms with E-state index in [-0.39, 0.29) is 11.2 Å². The highest BCUT2D eigenvalue weighted by molar-refractivity contribution is 7.99. The van der Waals surface area contributed by atoms with Crippen LogP contribution >= 0.6 is 11.8 Å². The minimum atomic E-state index is 0.163. The maximum Gasteiger partial charge on any atom is 0.178 e. The van der Waals surface area contributed by atoms with Crippen molar-refractivity contribution in [1.29, 1.82) is 0 Å². The van der Waals surface area contributed by atoms with E-state index in [4.69, 9.17) is 0 Å². The Balaban J connectivity index is 1.61. The molecule has 24 heavy (non-hydrogen) atoms. The molecule has 0 spiro atoms. The van der Waals surface area contributed by atoms with E-state index in [0.717, 1.165) is 29.4 Å². The summed E-state index contributed by atoms with van der Waals surface area (Å²) in [6.07, 6.45) is 15.7. The minimum Gasteiger partial charge on any atom is -0.290 e. The maximum atomic E-state index is 11.8. The maximum absolute atomic E-state index is 11.8. The Morgan fingerprint density at radius 1 is 1.21 bits per heavy atom. The van der Waals surface area contributed by atoms with Crippen molar-refractivity contribution in [3.8, 4) is 0 Å². The second-order valence-corrected chi connectivity index (χ2v) is 10.8. The number of ketones is 1. The number of thioether (sulfide) groups is 1. The average molecular weight is 345 g/mol. The summed E-state index contributed by atoms with van der Waals surface area (Å²) < 4.78 is 0. The van der Waals surface area contributed by atoms with Gasteiger partial charge in [-0.3, -0.25) is 4.79 Å². The molecule has 4 aliphatic carbocycles. The molecule has 0 saturated heterocycles. The summed E-state index contributed by atoms with van der Waals surface area (Å²) in [4.78, 5) is 11.8. The third-order valence-corrected chi connectivity index (χ3v) is 9.20. The summed E-state index contributed by atoms with van der Waals surface area (Å²) in [5.41, 5.74) is 2.22. The number of hydrogen-bond acceptors (Lipinski definition) is 2. The van der Waals surface area contributed by atoms with E-state index in [1.807, 2.05) is 12.2 Å². The molecular formula is C22H32OS. The van der Waals surface area contributed by atoms with Crippen LogP contribution in [0, 0.1) is 28.6 Å². The highest BCUT2D eigenvalue weighted by atomic mass is 32.2. The molecule has 2 heteroatoms. The number of hydrogen-bond donors (Lipinski definition) is 0. The number of fused-ring (bicyclic) bond motifs is 5. The Kier molecular flexibility index (Phi) is 4.26. The fourth-order valence-electron chi connectivity index (χ4n) is 6.58. The van der Waals surface area contributed by atoms with Crippen LogP contribution in [0.1, 0.15) is 65.7 Å². The van der Waals surface area contributed by atoms with Crippen LogP contribution in [0.25, 0.3) is 0 Å². The first kappa shape index (κ1) is 16.9. The molecule has 5 atom stereocenters. The molecule has 3 fully saturated rings. The summed E-state index contributed by atoms with van der Waals surface area (Å²) in [5, 5.41) is 0.754. The topological polar surface area (TPSA) is 17.1 Å². The van der Waals surface area contributed by atoms with Gasteiger partial charge < -0.3 is 0 Å². The molecular weight excluding hydrogens is 312 g/mol. The molecule has 4 rings (SSSR count). The van der Waals surface area contributed by atoms with Gasteiger partial charge >= 0.3 is 0 Å². The van der Waals surface area contributed by atoms with E-state index in [0.29, 0.717) is 5.41 Å². The van der Waals surface area contributed by atoms with Crippen LogP contribution in [0.15, 0.2) is 23.8 Å². The van der Waals surface area contributed by atoms with Gasteiger partial charge in [-0.1, -0.05) is 38.8 Å². The van der Waals surface area contributed by atoms with Gasteiger partial charge in [-0.2, -0.15) is 11.8 Å². The number of carbonyl (C=O) groups is 1. The highest BCUT2D eigenvalue weighted by Crippen LogP contribution is 2.65. The van der Waals surface area contributed by atoms with Gasteiger partial charge in [-0.05, 0) is 84.8 Å². The molecule has 132 valence electrons. The molecule has 0 aromatic carbocycles. The van der Waals surface area contributed by atoms with Crippen molar-refractivity contribution in [1.82, 2.24) is 0 Å². The summed E-state index contributed by atoms with van der Waals surface area (Å²) in [5.74, 6) is 4.18. The van der Waals surface area contributed by atoms with E-state index >= 15 is 0 Å². The first-order valence-corrected chi connectivity index (χ1v) is 11.1. The Hall–Kier alpha value is -0.500. The fraction of sp³-hybridized carbons (Fsp3) is 0.773. The summed E-state index contributed by atoms with van der Waals surface area (Å²) in [6.45, 7) is 7.11. The smallest absolute Gasteiger partial charge is 0.178 e. The molecule has 0 amide bonds. The standard InChI is InChI=1S/C22H32OS/c1-15(2)24-14-22-10-4-5-20(22)18-7-6-16-13-17(23)8-11-21(16,3)19(18)9-12-22/h8,11,13,15,18-20H,4-7,9-10,12,14H2,1-3H3/t18-,19+,20+,21+,22+/m1/s1. The van der Waals surface area contributed by atoms with Crippen LogP contribution in [0.4, 0.5) is 0 Å². The van der Waals surface area contributed by atoms with Crippen LogP contribution in [0.5, 0.6) is 0 Å². The predicted molar refractivity (Wildman–Crippen MR) is 103 cm³/mol. The van der Waals surface area contributed by atoms with Crippen molar-refractivity contribution in [3.05, 3.63) is 23.8 Å². The van der Waals surface area contributed by atoms with Crippen molar-refractivity contribution < 1.29 is 4.79 Å². The van der Waals surface area contributed by atoms with Crippen molar-refractivity contribution in [2.75, 3.05) is 5.75 Å². The molecule has 1 nitrogen and oxygen atoms in total. The average Bonchev–Trinajstić information content (AvgIpc) is 2.98. The monoisotopic (exact) mass is 344 g/mol. The summed E-state index contributed by atoms with van der Waals surface area (Å²) in [7, 11) is 0. The Bertz CT molecular complexity index is 589. The Morgan fingerprint density at radius 3 is 2.83 bits per heavy atom. The summed E-state index contributed by atoms with van der Waals surface area (Å²) >= 11 is 2.20. The van der Waals surface area contributed by atoms with E-state index in [9.17, 15) is 4.79 Å². The number of allylic oxidation sites excluding steroid dienone is 4. The Morgan fingerprint density at radius 2 is 2.04 bits per heavy atom. The van der Waals surface area contributed by atoms with Crippen molar-refractivity contribution in [2.45, 2.75) is 71.0 Å². The van der Waals surface area contributed by atoms with Gasteiger partial charge in [-0.15, -0.1) is 0 Å². The highest BCUT2D eigenvalue weighted by Gasteiger charge is 2.56. The normalized spacial score (nSPS) is 44.1. The molecule has 0 aromatic rings. The first-order valence-electron chi connectivity index (χ1n) is 10.0. The molecule has 0 heterocycles. The van der Waals surface area contributed by atoms with Crippen LogP contribution < -0.4 is 0 Å². The largest absolute Gasteiger partial charge is 0.290 e. The van der Waals surface area contributed by atoms with Gasteiger partial charge in [0.25, 0.3) is 0 Å². The fourth-order valence-corrected chi connectivity index (χ4v) is 7.74. The van der Waals surface area contributed by atoms with Crippen molar-refractivity contribution >= 4 is 17.5 Å². The zero-order valence-corrected chi connectivity index (χ0v) is 16.3. The third-order valence-electron chi connectivity index (χ3n) is 7.79. The lowest BCUT2D eigenvalue weighted by Gasteiger charge is -2.57. The molecule has 0 aliphatic heterocycles. The minimum absolute atomic E-state index is 0.163. The first-order chi connectivity index (χ1) is 11.4. The van der Waals surface area contributed by atoms with Crippen molar-refractivity contribution in [3.63, 3.8) is 0 Å². The zero-order chi connectivity index (χ0) is 16.9. The molecule has 0 radical (unpaired) electrons. The van der Waals surface area contributed by atoms with Gasteiger partial charge in [0.05, 0.1) is 0 Å². The van der Waals surface area contributed by atoms with Gasteiger partial charge in [0.2, 0.25) is 0 Å². The van der Waals surface area contributed by atoms with E-state index < -0.39 is 0 Å². The van der Waals surface area contributed by atoms with Crippen molar-refractivity contribution in [2.24, 2.45) is 28.6 Å². The van der Waals surface area contributed by atoms with Gasteiger partial charge in [-0.25, -0.2) is 0 Å². The molecule has 0 aromatic heterocycles. The van der Waals surface area contributed by atoms with E-state index in [2.05, 4.69) is 38.6 Å². The van der Waals surface area contributed by atoms with E-state index in [1.165, 1.54) is 49.9 Å². The Labute approximate surface area is 151 Å². The molecule has 0 N–H and O–H groups in total. The van der Waals surface area contributed by atoms with Crippen LogP contribution in [0.3, 0.4) is 0 Å². The van der Waals surface area contributed by atoms with Gasteiger partial charge in [0.15, 0.2) is 5.78 Å².